The Balaban J connectivity index is 2.22. The molecule has 0 saturated carbocycles. The van der Waals surface area contributed by atoms with Gasteiger partial charge in [0, 0.05) is 26.4 Å². The molecule has 0 aliphatic carbocycles. The van der Waals surface area contributed by atoms with Gasteiger partial charge in [-0.15, -0.1) is 0 Å². The van der Waals surface area contributed by atoms with Gasteiger partial charge >= 0.3 is 5.69 Å². The Morgan fingerprint density at radius 3 is 2.54 bits per heavy atom. The lowest BCUT2D eigenvalue weighted by molar-refractivity contribution is -0.116. The van der Waals surface area contributed by atoms with E-state index < -0.39 is 17.2 Å². The van der Waals surface area contributed by atoms with Crippen LogP contribution in [0.5, 0.6) is 11.5 Å². The van der Waals surface area contributed by atoms with Crippen LogP contribution in [0.1, 0.15) is 30.4 Å². The summed E-state index contributed by atoms with van der Waals surface area (Å²) in [5.41, 5.74) is 0.234. The van der Waals surface area contributed by atoms with Crippen LogP contribution in [0.3, 0.4) is 0 Å². The summed E-state index contributed by atoms with van der Waals surface area (Å²) in [6.45, 7) is 2.37. The lowest BCUT2D eigenvalue weighted by atomic mass is 9.86. The molecule has 8 heteroatoms. The van der Waals surface area contributed by atoms with Crippen molar-refractivity contribution >= 4 is 11.7 Å². The minimum absolute atomic E-state index is 0.109. The first-order chi connectivity index (χ1) is 12.4. The number of methoxy groups -OCH3 is 1. The first-order valence-electron chi connectivity index (χ1n) is 8.29. The van der Waals surface area contributed by atoms with E-state index in [2.05, 4.69) is 5.32 Å². The Hall–Kier alpha value is -3.03. The lowest BCUT2D eigenvalue weighted by Gasteiger charge is -2.27. The molecule has 0 fully saturated rings. The van der Waals surface area contributed by atoms with Crippen molar-refractivity contribution in [3.63, 3.8) is 0 Å². The van der Waals surface area contributed by atoms with Crippen LogP contribution in [0, 0.1) is 0 Å². The summed E-state index contributed by atoms with van der Waals surface area (Å²) >= 11 is 0. The maximum absolute atomic E-state index is 12.7. The van der Waals surface area contributed by atoms with Crippen LogP contribution in [0.25, 0.3) is 0 Å². The third-order valence-corrected chi connectivity index (χ3v) is 4.59. The fourth-order valence-corrected chi connectivity index (χ4v) is 3.27. The Morgan fingerprint density at radius 1 is 1.15 bits per heavy atom. The molecule has 0 saturated heterocycles. The molecule has 1 aliphatic heterocycles. The van der Waals surface area contributed by atoms with Gasteiger partial charge in [0.2, 0.25) is 5.91 Å². The molecule has 2 heterocycles. The van der Waals surface area contributed by atoms with E-state index in [1.54, 1.807) is 12.1 Å². The number of aromatic nitrogens is 2. The number of benzene rings is 1. The number of rotatable bonds is 4. The maximum atomic E-state index is 12.7. The van der Waals surface area contributed by atoms with E-state index in [4.69, 9.17) is 9.47 Å². The van der Waals surface area contributed by atoms with Crippen LogP contribution in [0.4, 0.5) is 5.82 Å². The van der Waals surface area contributed by atoms with Crippen molar-refractivity contribution in [2.75, 3.05) is 19.0 Å². The van der Waals surface area contributed by atoms with E-state index in [1.165, 1.54) is 25.8 Å². The topological polar surface area (TPSA) is 91.6 Å². The summed E-state index contributed by atoms with van der Waals surface area (Å²) in [5, 5.41) is 2.65. The van der Waals surface area contributed by atoms with Crippen molar-refractivity contribution in [1.29, 1.82) is 0 Å². The summed E-state index contributed by atoms with van der Waals surface area (Å²) in [6, 6.07) is 5.34. The fraction of sp³-hybridized carbons (Fsp3) is 0.389. The van der Waals surface area contributed by atoms with Gasteiger partial charge in [-0.3, -0.25) is 18.7 Å². The average Bonchev–Trinajstić information content (AvgIpc) is 2.64. The molecule has 1 atom stereocenters. The van der Waals surface area contributed by atoms with Crippen molar-refractivity contribution in [2.24, 2.45) is 14.1 Å². The van der Waals surface area contributed by atoms with Crippen molar-refractivity contribution in [2.45, 2.75) is 19.3 Å². The zero-order valence-electron chi connectivity index (χ0n) is 15.2. The quantitative estimate of drug-likeness (QED) is 0.878. The number of carbonyl (C=O) groups excluding carboxylic acids is 1. The number of ether oxygens (including phenoxy) is 2. The molecular formula is C18H21N3O5. The van der Waals surface area contributed by atoms with Crippen LogP contribution < -0.4 is 26.0 Å². The van der Waals surface area contributed by atoms with Gasteiger partial charge in [0.15, 0.2) is 11.5 Å². The number of hydrogen-bond acceptors (Lipinski definition) is 5. The SMILES string of the molecule is CCOc1ccc(C2CC(=O)Nc3c2c(=O)n(C)c(=O)n3C)cc1OC. The largest absolute Gasteiger partial charge is 0.493 e. The highest BCUT2D eigenvalue weighted by atomic mass is 16.5. The Labute approximate surface area is 150 Å². The molecule has 1 aromatic carbocycles. The lowest BCUT2D eigenvalue weighted by Crippen LogP contribution is -2.44. The number of nitrogens with zero attached hydrogens (tertiary/aromatic N) is 2. The zero-order valence-corrected chi connectivity index (χ0v) is 15.2. The maximum Gasteiger partial charge on any atom is 0.332 e. The fourth-order valence-electron chi connectivity index (χ4n) is 3.27. The van der Waals surface area contributed by atoms with E-state index >= 15 is 0 Å². The molecular weight excluding hydrogens is 338 g/mol. The van der Waals surface area contributed by atoms with E-state index in [0.29, 0.717) is 23.7 Å². The van der Waals surface area contributed by atoms with Gasteiger partial charge in [-0.2, -0.15) is 0 Å². The molecule has 0 radical (unpaired) electrons. The normalized spacial score (nSPS) is 16.0. The van der Waals surface area contributed by atoms with E-state index in [1.807, 2.05) is 13.0 Å². The van der Waals surface area contributed by atoms with Crippen molar-refractivity contribution in [3.05, 3.63) is 50.2 Å². The summed E-state index contributed by atoms with van der Waals surface area (Å²) in [6.07, 6.45) is 0.109. The van der Waals surface area contributed by atoms with Crippen LogP contribution >= 0.6 is 0 Å². The molecule has 0 bridgehead atoms. The molecule has 1 aromatic heterocycles. The van der Waals surface area contributed by atoms with Crippen molar-refractivity contribution in [1.82, 2.24) is 9.13 Å². The predicted molar refractivity (Wildman–Crippen MR) is 96.2 cm³/mol. The Morgan fingerprint density at radius 2 is 1.88 bits per heavy atom. The van der Waals surface area contributed by atoms with Gasteiger partial charge < -0.3 is 14.8 Å². The molecule has 8 nitrogen and oxygen atoms in total. The summed E-state index contributed by atoms with van der Waals surface area (Å²) < 4.78 is 13.2. The van der Waals surface area contributed by atoms with Crippen LogP contribution in [0.2, 0.25) is 0 Å². The number of amides is 1. The summed E-state index contributed by atoms with van der Waals surface area (Å²) in [7, 11) is 4.49. The van der Waals surface area contributed by atoms with Gasteiger partial charge in [0.05, 0.1) is 19.3 Å². The average molecular weight is 359 g/mol. The van der Waals surface area contributed by atoms with Gasteiger partial charge in [-0.05, 0) is 24.6 Å². The number of anilines is 1. The van der Waals surface area contributed by atoms with Gasteiger partial charge in [0.25, 0.3) is 5.56 Å². The summed E-state index contributed by atoms with van der Waals surface area (Å²) in [4.78, 5) is 37.1. The van der Waals surface area contributed by atoms with E-state index in [0.717, 1.165) is 10.1 Å². The molecule has 1 N–H and O–H groups in total. The van der Waals surface area contributed by atoms with E-state index in [-0.39, 0.29) is 18.1 Å². The highest BCUT2D eigenvalue weighted by molar-refractivity contribution is 5.94. The highest BCUT2D eigenvalue weighted by Crippen LogP contribution is 2.38. The standard InChI is InChI=1S/C18H21N3O5/c1-5-26-12-7-6-10(8-13(12)25-4)11-9-14(22)19-16-15(11)17(23)21(3)18(24)20(16)2/h6-8,11H,5,9H2,1-4H3,(H,19,22). The predicted octanol–water partition coefficient (Wildman–Crippen LogP) is 0.965. The van der Waals surface area contributed by atoms with Crippen LogP contribution in [-0.2, 0) is 18.9 Å². The number of nitrogens with one attached hydrogen (secondary N) is 1. The Kier molecular flexibility index (Phi) is 4.58. The zero-order chi connectivity index (χ0) is 19.0. The second-order valence-electron chi connectivity index (χ2n) is 6.12. The van der Waals surface area contributed by atoms with Crippen molar-refractivity contribution in [3.8, 4) is 11.5 Å². The minimum atomic E-state index is -0.487. The molecule has 0 spiro atoms. The van der Waals surface area contributed by atoms with Gasteiger partial charge in [-0.1, -0.05) is 6.07 Å². The molecule has 1 amide bonds. The summed E-state index contributed by atoms with van der Waals surface area (Å²) in [5.74, 6) is 0.630. The van der Waals surface area contributed by atoms with Gasteiger partial charge in [0.1, 0.15) is 5.82 Å². The molecule has 1 aliphatic rings. The third-order valence-electron chi connectivity index (χ3n) is 4.59. The minimum Gasteiger partial charge on any atom is -0.493 e. The van der Waals surface area contributed by atoms with E-state index in [9.17, 15) is 14.4 Å². The highest BCUT2D eigenvalue weighted by Gasteiger charge is 2.32. The molecule has 1 unspecified atom stereocenters. The second kappa shape index (κ2) is 6.70. The Bertz CT molecular complexity index is 990. The van der Waals surface area contributed by atoms with Crippen LogP contribution in [-0.4, -0.2) is 28.8 Å². The number of fused-ring (bicyclic) bond motifs is 1. The molecule has 138 valence electrons. The molecule has 26 heavy (non-hydrogen) atoms. The molecule has 2 aromatic rings. The smallest absolute Gasteiger partial charge is 0.332 e. The second-order valence-corrected chi connectivity index (χ2v) is 6.12. The molecule has 3 rings (SSSR count). The third kappa shape index (κ3) is 2.77. The monoisotopic (exact) mass is 359 g/mol. The van der Waals surface area contributed by atoms with Crippen LogP contribution in [0.15, 0.2) is 27.8 Å². The first kappa shape index (κ1) is 17.8. The van der Waals surface area contributed by atoms with Crippen molar-refractivity contribution < 1.29 is 14.3 Å². The first-order valence-corrected chi connectivity index (χ1v) is 8.29. The number of hydrogen-bond donors (Lipinski definition) is 1. The number of carbonyl (C=O) groups is 1. The van der Waals surface area contributed by atoms with Gasteiger partial charge in [-0.25, -0.2) is 4.79 Å².